The molecule has 3 aromatic rings. The molecule has 0 spiro atoms. The van der Waals surface area contributed by atoms with Gasteiger partial charge in [-0.15, -0.1) is 0 Å². The first-order valence-corrected chi connectivity index (χ1v) is 9.06. The Labute approximate surface area is 148 Å². The van der Waals surface area contributed by atoms with E-state index in [2.05, 4.69) is 4.72 Å². The van der Waals surface area contributed by atoms with Crippen molar-refractivity contribution in [3.8, 4) is 11.1 Å². The minimum absolute atomic E-state index is 0.0109. The smallest absolute Gasteiger partial charge is 0.261 e. The van der Waals surface area contributed by atoms with Gasteiger partial charge in [0.25, 0.3) is 10.0 Å². The third kappa shape index (κ3) is 3.81. The van der Waals surface area contributed by atoms with Gasteiger partial charge in [0.05, 0.1) is 10.6 Å². The monoisotopic (exact) mass is 379 g/mol. The van der Waals surface area contributed by atoms with Crippen molar-refractivity contribution in [1.29, 1.82) is 0 Å². The topological polar surface area (TPSA) is 46.2 Å². The summed E-state index contributed by atoms with van der Waals surface area (Å²) in [5.41, 5.74) is 0.558. The Morgan fingerprint density at radius 1 is 0.840 bits per heavy atom. The number of halogens is 3. The normalized spacial score (nSPS) is 11.3. The molecule has 3 aromatic carbocycles. The zero-order valence-corrected chi connectivity index (χ0v) is 14.3. The predicted octanol–water partition coefficient (Wildman–Crippen LogP) is 5.09. The van der Waals surface area contributed by atoms with Crippen molar-refractivity contribution in [3.05, 3.63) is 83.4 Å². The van der Waals surface area contributed by atoms with Gasteiger partial charge in [-0.1, -0.05) is 41.9 Å². The van der Waals surface area contributed by atoms with Gasteiger partial charge >= 0.3 is 0 Å². The number of hydrogen-bond acceptors (Lipinski definition) is 2. The number of sulfonamides is 1. The lowest BCUT2D eigenvalue weighted by Gasteiger charge is -2.14. The van der Waals surface area contributed by atoms with Crippen LogP contribution in [-0.2, 0) is 10.0 Å². The minimum atomic E-state index is -3.96. The Hall–Kier alpha value is -2.44. The van der Waals surface area contributed by atoms with Crippen molar-refractivity contribution < 1.29 is 17.2 Å². The highest BCUT2D eigenvalue weighted by molar-refractivity contribution is 7.92. The van der Waals surface area contributed by atoms with E-state index in [1.54, 1.807) is 36.4 Å². The van der Waals surface area contributed by atoms with Crippen molar-refractivity contribution >= 4 is 27.3 Å². The molecular weight excluding hydrogens is 368 g/mol. The van der Waals surface area contributed by atoms with Crippen LogP contribution in [0, 0.1) is 11.6 Å². The summed E-state index contributed by atoms with van der Waals surface area (Å²) >= 11 is 5.94. The second-order valence-corrected chi connectivity index (χ2v) is 7.36. The third-order valence-electron chi connectivity index (χ3n) is 3.49. The lowest BCUT2D eigenvalue weighted by atomic mass is 10.0. The summed E-state index contributed by atoms with van der Waals surface area (Å²) in [5, 5.41) is 0.388. The Morgan fingerprint density at radius 2 is 1.52 bits per heavy atom. The standard InChI is InChI=1S/C18H12ClF2NO2S/c19-13-6-4-5-12(9-13)15-10-16(20)17(21)11-18(15)22-25(23,24)14-7-2-1-3-8-14/h1-11,22H. The lowest BCUT2D eigenvalue weighted by molar-refractivity contribution is 0.509. The molecule has 0 aliphatic heterocycles. The molecule has 0 fully saturated rings. The summed E-state index contributed by atoms with van der Waals surface area (Å²) in [7, 11) is -3.96. The Morgan fingerprint density at radius 3 is 2.20 bits per heavy atom. The van der Waals surface area contributed by atoms with E-state index in [-0.39, 0.29) is 16.1 Å². The second-order valence-electron chi connectivity index (χ2n) is 5.24. The van der Waals surface area contributed by atoms with E-state index in [0.29, 0.717) is 10.6 Å². The summed E-state index contributed by atoms with van der Waals surface area (Å²) in [6.07, 6.45) is 0. The number of hydrogen-bond donors (Lipinski definition) is 1. The van der Waals surface area contributed by atoms with Crippen molar-refractivity contribution in [2.24, 2.45) is 0 Å². The fourth-order valence-corrected chi connectivity index (χ4v) is 3.61. The molecule has 0 aliphatic carbocycles. The average molecular weight is 380 g/mol. The highest BCUT2D eigenvalue weighted by Crippen LogP contribution is 2.33. The van der Waals surface area contributed by atoms with Crippen LogP contribution in [0.15, 0.2) is 71.6 Å². The van der Waals surface area contributed by atoms with Gasteiger partial charge in [0.15, 0.2) is 11.6 Å². The molecule has 0 radical (unpaired) electrons. The van der Waals surface area contributed by atoms with E-state index < -0.39 is 21.7 Å². The number of benzene rings is 3. The van der Waals surface area contributed by atoms with Crippen LogP contribution in [-0.4, -0.2) is 8.42 Å². The fraction of sp³-hybridized carbons (Fsp3) is 0. The van der Waals surface area contributed by atoms with Gasteiger partial charge < -0.3 is 0 Å². The van der Waals surface area contributed by atoms with E-state index in [9.17, 15) is 17.2 Å². The molecular formula is C18H12ClF2NO2S. The lowest BCUT2D eigenvalue weighted by Crippen LogP contribution is -2.14. The van der Waals surface area contributed by atoms with Crippen molar-refractivity contribution in [2.45, 2.75) is 4.90 Å². The second kappa shape index (κ2) is 6.82. The first-order valence-electron chi connectivity index (χ1n) is 7.20. The third-order valence-corrected chi connectivity index (χ3v) is 5.11. The van der Waals surface area contributed by atoms with Crippen LogP contribution in [0.4, 0.5) is 14.5 Å². The van der Waals surface area contributed by atoms with Gasteiger partial charge in [0, 0.05) is 16.7 Å². The summed E-state index contributed by atoms with van der Waals surface area (Å²) in [6, 6.07) is 15.8. The highest BCUT2D eigenvalue weighted by Gasteiger charge is 2.19. The van der Waals surface area contributed by atoms with E-state index in [1.807, 2.05) is 0 Å². The minimum Gasteiger partial charge on any atom is -0.279 e. The maximum Gasteiger partial charge on any atom is 0.261 e. The van der Waals surface area contributed by atoms with E-state index in [1.165, 1.54) is 18.2 Å². The zero-order valence-electron chi connectivity index (χ0n) is 12.7. The molecule has 0 heterocycles. The molecule has 3 rings (SSSR count). The summed E-state index contributed by atoms with van der Waals surface area (Å²) in [5.74, 6) is -2.24. The number of nitrogens with one attached hydrogen (secondary N) is 1. The molecule has 0 aromatic heterocycles. The average Bonchev–Trinajstić information content (AvgIpc) is 2.58. The van der Waals surface area contributed by atoms with Crippen LogP contribution >= 0.6 is 11.6 Å². The first-order chi connectivity index (χ1) is 11.9. The number of rotatable bonds is 4. The maximum atomic E-state index is 13.7. The Balaban J connectivity index is 2.11. The molecule has 1 N–H and O–H groups in total. The van der Waals surface area contributed by atoms with Gasteiger partial charge in [-0.05, 0) is 35.9 Å². The molecule has 0 unspecified atom stereocenters. The SMILES string of the molecule is O=S(=O)(Nc1cc(F)c(F)cc1-c1cccc(Cl)c1)c1ccccc1. The Kier molecular flexibility index (Phi) is 4.74. The van der Waals surface area contributed by atoms with Crippen LogP contribution in [0.25, 0.3) is 11.1 Å². The van der Waals surface area contributed by atoms with Gasteiger partial charge in [0.1, 0.15) is 0 Å². The van der Waals surface area contributed by atoms with E-state index in [4.69, 9.17) is 11.6 Å². The molecule has 0 atom stereocenters. The van der Waals surface area contributed by atoms with E-state index in [0.717, 1.165) is 12.1 Å². The zero-order chi connectivity index (χ0) is 18.0. The van der Waals surface area contributed by atoms with Crippen LogP contribution in [0.2, 0.25) is 5.02 Å². The van der Waals surface area contributed by atoms with Gasteiger partial charge in [0.2, 0.25) is 0 Å². The summed E-state index contributed by atoms with van der Waals surface area (Å²) < 4.78 is 54.7. The molecule has 0 amide bonds. The molecule has 0 bridgehead atoms. The van der Waals surface area contributed by atoms with Crippen molar-refractivity contribution in [2.75, 3.05) is 4.72 Å². The predicted molar refractivity (Wildman–Crippen MR) is 94.1 cm³/mol. The van der Waals surface area contributed by atoms with Crippen molar-refractivity contribution in [1.82, 2.24) is 0 Å². The first kappa shape index (κ1) is 17.4. The van der Waals surface area contributed by atoms with E-state index >= 15 is 0 Å². The maximum absolute atomic E-state index is 13.7. The van der Waals surface area contributed by atoms with Crippen LogP contribution in [0.1, 0.15) is 0 Å². The molecule has 0 saturated heterocycles. The molecule has 128 valence electrons. The fourth-order valence-electron chi connectivity index (χ4n) is 2.33. The van der Waals surface area contributed by atoms with Crippen molar-refractivity contribution in [3.63, 3.8) is 0 Å². The summed E-state index contributed by atoms with van der Waals surface area (Å²) in [4.78, 5) is 0.0109. The molecule has 0 aliphatic rings. The molecule has 0 saturated carbocycles. The molecule has 25 heavy (non-hydrogen) atoms. The van der Waals surface area contributed by atoms with Gasteiger partial charge in [-0.2, -0.15) is 0 Å². The molecule has 7 heteroatoms. The van der Waals surface area contributed by atoms with Crippen LogP contribution < -0.4 is 4.72 Å². The van der Waals surface area contributed by atoms with Crippen LogP contribution in [0.5, 0.6) is 0 Å². The van der Waals surface area contributed by atoms with Gasteiger partial charge in [-0.3, -0.25) is 4.72 Å². The van der Waals surface area contributed by atoms with Gasteiger partial charge in [-0.25, -0.2) is 17.2 Å². The summed E-state index contributed by atoms with van der Waals surface area (Å²) in [6.45, 7) is 0. The highest BCUT2D eigenvalue weighted by atomic mass is 35.5. The largest absolute Gasteiger partial charge is 0.279 e. The molecule has 3 nitrogen and oxygen atoms in total. The van der Waals surface area contributed by atoms with Crippen LogP contribution in [0.3, 0.4) is 0 Å². The number of anilines is 1. The quantitative estimate of drug-likeness (QED) is 0.686. The Bertz CT molecular complexity index is 1020.